The number of nitrogens with two attached hydrogens (primary N) is 1. The molecule has 1 amide bonds. The Morgan fingerprint density at radius 3 is 2.56 bits per heavy atom. The molecule has 0 fully saturated rings. The second-order valence-corrected chi connectivity index (χ2v) is 6.16. The highest BCUT2D eigenvalue weighted by atomic mass is 16.4. The topological polar surface area (TPSA) is 85.3 Å². The lowest BCUT2D eigenvalue weighted by Crippen LogP contribution is -2.48. The van der Waals surface area contributed by atoms with Crippen LogP contribution in [0.2, 0.25) is 0 Å². The fourth-order valence-corrected chi connectivity index (χ4v) is 3.21. The van der Waals surface area contributed by atoms with Crippen molar-refractivity contribution in [2.24, 2.45) is 5.73 Å². The van der Waals surface area contributed by atoms with Gasteiger partial charge in [-0.1, -0.05) is 42.5 Å². The molecule has 0 saturated carbocycles. The Hall–Kier alpha value is -2.99. The average molecular weight is 334 g/mol. The number of hydrogen-bond donors (Lipinski definition) is 1. The minimum atomic E-state index is -0.373. The van der Waals surface area contributed by atoms with Gasteiger partial charge in [0.25, 0.3) is 0 Å². The molecule has 0 saturated heterocycles. The van der Waals surface area contributed by atoms with Gasteiger partial charge in [-0.25, -0.2) is 0 Å². The molecule has 0 bridgehead atoms. The van der Waals surface area contributed by atoms with Crippen LogP contribution in [0.5, 0.6) is 0 Å². The van der Waals surface area contributed by atoms with E-state index in [2.05, 4.69) is 16.3 Å². The number of fused-ring (bicyclic) bond motifs is 1. The van der Waals surface area contributed by atoms with Gasteiger partial charge in [0, 0.05) is 12.1 Å². The van der Waals surface area contributed by atoms with Crippen LogP contribution in [0.25, 0.3) is 11.5 Å². The molecule has 3 aromatic rings. The van der Waals surface area contributed by atoms with Crippen molar-refractivity contribution in [3.63, 3.8) is 0 Å². The third-order valence-corrected chi connectivity index (χ3v) is 4.50. The maximum absolute atomic E-state index is 11.9. The lowest BCUT2D eigenvalue weighted by Gasteiger charge is -2.33. The first-order valence-corrected chi connectivity index (χ1v) is 8.18. The van der Waals surface area contributed by atoms with E-state index < -0.39 is 0 Å². The number of primary amides is 1. The smallest absolute Gasteiger partial charge is 0.247 e. The van der Waals surface area contributed by atoms with E-state index in [4.69, 9.17) is 10.2 Å². The highest BCUT2D eigenvalue weighted by Crippen LogP contribution is 2.25. The van der Waals surface area contributed by atoms with Gasteiger partial charge in [-0.15, -0.1) is 10.2 Å². The normalized spacial score (nSPS) is 17.2. The molecule has 1 unspecified atom stereocenters. The van der Waals surface area contributed by atoms with Crippen LogP contribution in [0.3, 0.4) is 0 Å². The van der Waals surface area contributed by atoms with E-state index in [0.717, 1.165) is 11.1 Å². The van der Waals surface area contributed by atoms with Crippen LogP contribution in [0.4, 0.5) is 0 Å². The lowest BCUT2D eigenvalue weighted by molar-refractivity contribution is -0.124. The van der Waals surface area contributed by atoms with E-state index >= 15 is 0 Å². The van der Waals surface area contributed by atoms with E-state index in [1.54, 1.807) is 0 Å². The number of carbonyl (C=O) groups is 1. The molecule has 6 heteroatoms. The number of hydrogen-bond acceptors (Lipinski definition) is 5. The van der Waals surface area contributed by atoms with Crippen molar-refractivity contribution in [2.45, 2.75) is 25.6 Å². The van der Waals surface area contributed by atoms with Gasteiger partial charge in [-0.05, 0) is 29.7 Å². The molecule has 2 N–H and O–H groups in total. The zero-order valence-corrected chi connectivity index (χ0v) is 13.6. The summed E-state index contributed by atoms with van der Waals surface area (Å²) in [6.07, 6.45) is 0.602. The van der Waals surface area contributed by atoms with Crippen LogP contribution in [0.1, 0.15) is 17.0 Å². The predicted molar refractivity (Wildman–Crippen MR) is 92.1 cm³/mol. The summed E-state index contributed by atoms with van der Waals surface area (Å²) in [7, 11) is 0. The van der Waals surface area contributed by atoms with E-state index in [1.165, 1.54) is 5.56 Å². The van der Waals surface area contributed by atoms with Gasteiger partial charge in [0.05, 0.1) is 12.6 Å². The van der Waals surface area contributed by atoms with Gasteiger partial charge >= 0.3 is 0 Å². The highest BCUT2D eigenvalue weighted by Gasteiger charge is 2.31. The van der Waals surface area contributed by atoms with Crippen LogP contribution >= 0.6 is 0 Å². The number of amides is 1. The Morgan fingerprint density at radius 2 is 1.80 bits per heavy atom. The minimum absolute atomic E-state index is 0.336. The van der Waals surface area contributed by atoms with Crippen molar-refractivity contribution in [1.82, 2.24) is 15.1 Å². The van der Waals surface area contributed by atoms with Gasteiger partial charge in [-0.3, -0.25) is 9.69 Å². The zero-order valence-electron chi connectivity index (χ0n) is 13.6. The van der Waals surface area contributed by atoms with Crippen LogP contribution in [0.15, 0.2) is 59.0 Å². The maximum Gasteiger partial charge on any atom is 0.247 e. The van der Waals surface area contributed by atoms with E-state index in [1.807, 2.05) is 53.4 Å². The molecular weight excluding hydrogens is 316 g/mol. The largest absolute Gasteiger partial charge is 0.419 e. The summed E-state index contributed by atoms with van der Waals surface area (Å²) < 4.78 is 5.77. The van der Waals surface area contributed by atoms with E-state index in [0.29, 0.717) is 31.3 Å². The molecule has 2 heterocycles. The molecule has 1 aliphatic heterocycles. The SMILES string of the molecule is NC(=O)C1Cc2ccccc2CN1Cc1nnc(-c2ccccc2)o1. The first-order valence-electron chi connectivity index (χ1n) is 8.18. The third kappa shape index (κ3) is 3.16. The Balaban J connectivity index is 1.57. The van der Waals surface area contributed by atoms with E-state index in [-0.39, 0.29) is 11.9 Å². The standard InChI is InChI=1S/C19H18N4O2/c20-18(24)16-10-14-8-4-5-9-15(14)11-23(16)12-17-21-22-19(25-17)13-6-2-1-3-7-13/h1-9,16H,10-12H2,(H2,20,24). The number of benzene rings is 2. The van der Waals surface area contributed by atoms with Gasteiger partial charge in [0.1, 0.15) is 0 Å². The monoisotopic (exact) mass is 334 g/mol. The Kier molecular flexibility index (Phi) is 4.03. The van der Waals surface area contributed by atoms with Crippen LogP contribution in [-0.2, 0) is 24.3 Å². The molecule has 2 aromatic carbocycles. The Bertz CT molecular complexity index is 891. The zero-order chi connectivity index (χ0) is 17.2. The van der Waals surface area contributed by atoms with Crippen molar-refractivity contribution in [2.75, 3.05) is 0 Å². The number of rotatable bonds is 4. The molecule has 1 aromatic heterocycles. The molecule has 6 nitrogen and oxygen atoms in total. The molecule has 1 atom stereocenters. The van der Waals surface area contributed by atoms with Crippen molar-refractivity contribution < 1.29 is 9.21 Å². The van der Waals surface area contributed by atoms with Gasteiger partial charge in [0.15, 0.2) is 0 Å². The molecule has 0 aliphatic carbocycles. The molecular formula is C19H18N4O2. The molecule has 0 radical (unpaired) electrons. The predicted octanol–water partition coefficient (Wildman–Crippen LogP) is 2.15. The summed E-state index contributed by atoms with van der Waals surface area (Å²) in [5.41, 5.74) is 8.85. The van der Waals surface area contributed by atoms with Crippen molar-refractivity contribution >= 4 is 5.91 Å². The van der Waals surface area contributed by atoms with Crippen molar-refractivity contribution in [3.05, 3.63) is 71.6 Å². The van der Waals surface area contributed by atoms with Crippen LogP contribution in [0, 0.1) is 0 Å². The second kappa shape index (κ2) is 6.49. The number of aromatic nitrogens is 2. The third-order valence-electron chi connectivity index (χ3n) is 4.50. The molecule has 4 rings (SSSR count). The van der Waals surface area contributed by atoms with Gasteiger partial charge in [-0.2, -0.15) is 0 Å². The Labute approximate surface area is 145 Å². The van der Waals surface area contributed by atoms with Crippen LogP contribution < -0.4 is 5.73 Å². The molecule has 126 valence electrons. The van der Waals surface area contributed by atoms with Crippen molar-refractivity contribution in [1.29, 1.82) is 0 Å². The fourth-order valence-electron chi connectivity index (χ4n) is 3.21. The number of nitrogens with zero attached hydrogens (tertiary/aromatic N) is 3. The molecule has 1 aliphatic rings. The fraction of sp³-hybridized carbons (Fsp3) is 0.211. The first kappa shape index (κ1) is 15.5. The summed E-state index contributed by atoms with van der Waals surface area (Å²) in [5.74, 6) is 0.616. The first-order chi connectivity index (χ1) is 12.2. The summed E-state index contributed by atoms with van der Waals surface area (Å²) >= 11 is 0. The quantitative estimate of drug-likeness (QED) is 0.790. The second-order valence-electron chi connectivity index (χ2n) is 6.16. The summed E-state index contributed by atoms with van der Waals surface area (Å²) in [5, 5.41) is 8.23. The maximum atomic E-state index is 11.9. The van der Waals surface area contributed by atoms with E-state index in [9.17, 15) is 4.79 Å². The lowest BCUT2D eigenvalue weighted by atomic mass is 9.93. The Morgan fingerprint density at radius 1 is 1.08 bits per heavy atom. The summed E-state index contributed by atoms with van der Waals surface area (Å²) in [6.45, 7) is 1.02. The van der Waals surface area contributed by atoms with Gasteiger partial charge in [0.2, 0.25) is 17.7 Å². The molecule has 25 heavy (non-hydrogen) atoms. The van der Waals surface area contributed by atoms with Gasteiger partial charge < -0.3 is 10.2 Å². The number of carbonyl (C=O) groups excluding carboxylic acids is 1. The minimum Gasteiger partial charge on any atom is -0.419 e. The summed E-state index contributed by atoms with van der Waals surface area (Å²) in [6, 6.07) is 17.3. The summed E-state index contributed by atoms with van der Waals surface area (Å²) in [4.78, 5) is 13.9. The van der Waals surface area contributed by atoms with Crippen LogP contribution in [-0.4, -0.2) is 27.0 Å². The highest BCUT2D eigenvalue weighted by molar-refractivity contribution is 5.80. The average Bonchev–Trinajstić information content (AvgIpc) is 3.10. The molecule has 0 spiro atoms. The van der Waals surface area contributed by atoms with Crippen molar-refractivity contribution in [3.8, 4) is 11.5 Å².